The van der Waals surface area contributed by atoms with Crippen LogP contribution >= 0.6 is 0 Å². The van der Waals surface area contributed by atoms with Crippen LogP contribution in [0.3, 0.4) is 0 Å². The number of nitrogens with zero attached hydrogens (tertiary/aromatic N) is 1. The molecular weight excluding hydrogens is 282 g/mol. The summed E-state index contributed by atoms with van der Waals surface area (Å²) in [5.41, 5.74) is 3.78. The number of nitriles is 1. The summed E-state index contributed by atoms with van der Waals surface area (Å²) >= 11 is 0. The molecule has 2 aromatic carbocycles. The number of benzene rings is 2. The van der Waals surface area contributed by atoms with Crippen LogP contribution < -0.4 is 0 Å². The largest absolute Gasteiger partial charge is 0.471 e. The summed E-state index contributed by atoms with van der Waals surface area (Å²) in [5, 5.41) is 9.11. The minimum absolute atomic E-state index is 0.571. The Bertz CT molecular complexity index is 984. The minimum atomic E-state index is 0.571. The molecule has 23 heavy (non-hydrogen) atoms. The quantitative estimate of drug-likeness (QED) is 0.588. The van der Waals surface area contributed by atoms with Crippen molar-refractivity contribution in [2.24, 2.45) is 0 Å². The molecule has 0 fully saturated rings. The van der Waals surface area contributed by atoms with Crippen LogP contribution in [0.2, 0.25) is 0 Å². The third-order valence-electron chi connectivity index (χ3n) is 3.17. The van der Waals surface area contributed by atoms with Crippen LogP contribution in [0.25, 0.3) is 0 Å². The van der Waals surface area contributed by atoms with E-state index in [1.165, 1.54) is 0 Å². The standard InChI is InChI=1S/C21H11NO/c22-15-21-8-4-3-7-20(21)12-11-19-6-2-1-5-18(19)10-9-17-13-14-23-16-17/h1-8,13-14,16H. The highest BCUT2D eigenvalue weighted by Gasteiger charge is 1.98. The van der Waals surface area contributed by atoms with Gasteiger partial charge >= 0.3 is 0 Å². The summed E-state index contributed by atoms with van der Waals surface area (Å²) in [7, 11) is 0. The monoisotopic (exact) mass is 293 g/mol. The molecule has 0 bridgehead atoms. The first-order valence-electron chi connectivity index (χ1n) is 7.01. The van der Waals surface area contributed by atoms with E-state index in [9.17, 15) is 0 Å². The average Bonchev–Trinajstić information content (AvgIpc) is 3.12. The Kier molecular flexibility index (Phi) is 4.26. The number of hydrogen-bond donors (Lipinski definition) is 0. The van der Waals surface area contributed by atoms with E-state index >= 15 is 0 Å². The van der Waals surface area contributed by atoms with Crippen LogP contribution in [0.5, 0.6) is 0 Å². The van der Waals surface area contributed by atoms with Gasteiger partial charge in [-0.15, -0.1) is 0 Å². The molecule has 0 saturated carbocycles. The van der Waals surface area contributed by atoms with Gasteiger partial charge in [-0.2, -0.15) is 5.26 Å². The summed E-state index contributed by atoms with van der Waals surface area (Å²) in [4.78, 5) is 0. The first-order chi connectivity index (χ1) is 11.4. The molecule has 0 aliphatic carbocycles. The van der Waals surface area contributed by atoms with Crippen molar-refractivity contribution in [2.75, 3.05) is 0 Å². The molecule has 1 aromatic heterocycles. The van der Waals surface area contributed by atoms with E-state index in [-0.39, 0.29) is 0 Å². The van der Waals surface area contributed by atoms with Crippen molar-refractivity contribution in [3.8, 4) is 29.8 Å². The molecule has 3 aromatic rings. The van der Waals surface area contributed by atoms with Gasteiger partial charge in [0.2, 0.25) is 0 Å². The van der Waals surface area contributed by atoms with E-state index in [0.717, 1.165) is 16.7 Å². The third-order valence-corrected chi connectivity index (χ3v) is 3.17. The summed E-state index contributed by atoms with van der Waals surface area (Å²) in [6.45, 7) is 0. The van der Waals surface area contributed by atoms with Gasteiger partial charge in [0.25, 0.3) is 0 Å². The van der Waals surface area contributed by atoms with Gasteiger partial charge in [0.15, 0.2) is 0 Å². The first-order valence-corrected chi connectivity index (χ1v) is 7.01. The van der Waals surface area contributed by atoms with Crippen LogP contribution in [0.4, 0.5) is 0 Å². The fourth-order valence-electron chi connectivity index (χ4n) is 2.00. The van der Waals surface area contributed by atoms with Crippen molar-refractivity contribution < 1.29 is 4.42 Å². The van der Waals surface area contributed by atoms with Gasteiger partial charge in [-0.05, 0) is 30.3 Å². The number of rotatable bonds is 0. The highest BCUT2D eigenvalue weighted by Crippen LogP contribution is 2.09. The zero-order valence-electron chi connectivity index (χ0n) is 12.2. The molecular formula is C21H11NO. The van der Waals surface area contributed by atoms with E-state index in [4.69, 9.17) is 9.68 Å². The van der Waals surface area contributed by atoms with E-state index in [1.807, 2.05) is 48.5 Å². The molecule has 0 spiro atoms. The summed E-state index contributed by atoms with van der Waals surface area (Å²) < 4.78 is 5.00. The van der Waals surface area contributed by atoms with E-state index < -0.39 is 0 Å². The molecule has 1 heterocycles. The lowest BCUT2D eigenvalue weighted by Crippen LogP contribution is -1.85. The van der Waals surface area contributed by atoms with Crippen molar-refractivity contribution in [2.45, 2.75) is 0 Å². The molecule has 3 rings (SSSR count). The molecule has 0 radical (unpaired) electrons. The molecule has 0 aliphatic rings. The van der Waals surface area contributed by atoms with Crippen molar-refractivity contribution in [3.05, 3.63) is 94.9 Å². The molecule has 2 nitrogen and oxygen atoms in total. The van der Waals surface area contributed by atoms with Crippen molar-refractivity contribution in [1.82, 2.24) is 0 Å². The van der Waals surface area contributed by atoms with Gasteiger partial charge in [-0.1, -0.05) is 47.9 Å². The fourth-order valence-corrected chi connectivity index (χ4v) is 2.00. The zero-order valence-corrected chi connectivity index (χ0v) is 12.2. The maximum absolute atomic E-state index is 9.11. The lowest BCUT2D eigenvalue weighted by Gasteiger charge is -1.96. The van der Waals surface area contributed by atoms with Crippen LogP contribution in [-0.4, -0.2) is 0 Å². The molecule has 0 aliphatic heterocycles. The SMILES string of the molecule is N#Cc1ccccc1C#Cc1ccccc1C#Cc1ccoc1. The van der Waals surface area contributed by atoms with Gasteiger partial charge in [0.05, 0.1) is 17.4 Å². The average molecular weight is 293 g/mol. The molecule has 0 amide bonds. The van der Waals surface area contributed by atoms with E-state index in [0.29, 0.717) is 11.1 Å². The molecule has 0 saturated heterocycles. The number of hydrogen-bond acceptors (Lipinski definition) is 2. The summed E-state index contributed by atoms with van der Waals surface area (Å²) in [6.07, 6.45) is 3.19. The second kappa shape index (κ2) is 6.86. The smallest absolute Gasteiger partial charge is 0.106 e. The van der Waals surface area contributed by atoms with Gasteiger partial charge in [-0.3, -0.25) is 0 Å². The predicted octanol–water partition coefficient (Wildman–Crippen LogP) is 3.95. The second-order valence-electron chi connectivity index (χ2n) is 4.71. The lowest BCUT2D eigenvalue weighted by atomic mass is 10.1. The Hall–Kier alpha value is -3.67. The zero-order chi connectivity index (χ0) is 15.9. The van der Waals surface area contributed by atoms with Gasteiger partial charge < -0.3 is 4.42 Å². The maximum Gasteiger partial charge on any atom is 0.106 e. The van der Waals surface area contributed by atoms with Crippen LogP contribution in [0.1, 0.15) is 27.8 Å². The summed E-state index contributed by atoms with van der Waals surface area (Å²) in [5.74, 6) is 12.3. The maximum atomic E-state index is 9.11. The Morgan fingerprint density at radius 1 is 0.652 bits per heavy atom. The second-order valence-corrected chi connectivity index (χ2v) is 4.71. The Morgan fingerprint density at radius 3 is 1.70 bits per heavy atom. The molecule has 0 unspecified atom stereocenters. The van der Waals surface area contributed by atoms with E-state index in [2.05, 4.69) is 29.8 Å². The van der Waals surface area contributed by atoms with Gasteiger partial charge in [-0.25, -0.2) is 0 Å². The molecule has 0 N–H and O–H groups in total. The van der Waals surface area contributed by atoms with Crippen LogP contribution in [0.15, 0.2) is 71.5 Å². The fraction of sp³-hybridized carbons (Fsp3) is 0. The van der Waals surface area contributed by atoms with Gasteiger partial charge in [0.1, 0.15) is 12.3 Å². The Morgan fingerprint density at radius 2 is 1.17 bits per heavy atom. The van der Waals surface area contributed by atoms with E-state index in [1.54, 1.807) is 18.6 Å². The van der Waals surface area contributed by atoms with Crippen LogP contribution in [-0.2, 0) is 0 Å². The lowest BCUT2D eigenvalue weighted by molar-refractivity contribution is 0.566. The molecule has 0 atom stereocenters. The minimum Gasteiger partial charge on any atom is -0.471 e. The highest BCUT2D eigenvalue weighted by atomic mass is 16.3. The summed E-state index contributed by atoms with van der Waals surface area (Å²) in [6, 6.07) is 18.9. The third kappa shape index (κ3) is 3.51. The van der Waals surface area contributed by atoms with Gasteiger partial charge in [0, 0.05) is 16.7 Å². The topological polar surface area (TPSA) is 36.9 Å². The normalized spacial score (nSPS) is 9.00. The van der Waals surface area contributed by atoms with Crippen LogP contribution in [0, 0.1) is 35.0 Å². The highest BCUT2D eigenvalue weighted by molar-refractivity contribution is 5.56. The van der Waals surface area contributed by atoms with Crippen molar-refractivity contribution in [3.63, 3.8) is 0 Å². The van der Waals surface area contributed by atoms with Crippen molar-refractivity contribution >= 4 is 0 Å². The Labute approximate surface area is 135 Å². The Balaban J connectivity index is 1.97. The molecule has 2 heteroatoms. The number of furan rings is 1. The van der Waals surface area contributed by atoms with Crippen molar-refractivity contribution in [1.29, 1.82) is 5.26 Å². The first kappa shape index (κ1) is 14.3. The predicted molar refractivity (Wildman–Crippen MR) is 88.3 cm³/mol. The molecule has 106 valence electrons.